The van der Waals surface area contributed by atoms with E-state index in [1.54, 1.807) is 15.9 Å². The van der Waals surface area contributed by atoms with Crippen molar-refractivity contribution >= 4 is 38.9 Å². The number of hydrogen-bond acceptors (Lipinski definition) is 6. The first-order chi connectivity index (χ1) is 14.1. The van der Waals surface area contributed by atoms with Crippen LogP contribution in [0.4, 0.5) is 5.69 Å². The maximum Gasteiger partial charge on any atom is 0.295 e. The summed E-state index contributed by atoms with van der Waals surface area (Å²) in [7, 11) is 0. The van der Waals surface area contributed by atoms with E-state index in [1.165, 1.54) is 0 Å². The van der Waals surface area contributed by atoms with Crippen LogP contribution in [0, 0.1) is 13.8 Å². The molecule has 142 valence electrons. The molecule has 5 aromatic rings. The lowest BCUT2D eigenvalue weighted by molar-refractivity contribution is 0.101. The molecule has 0 aliphatic rings. The first-order valence-electron chi connectivity index (χ1n) is 9.06. The second-order valence-electron chi connectivity index (χ2n) is 6.67. The molecule has 3 heterocycles. The average Bonchev–Trinajstić information content (AvgIpc) is 3.32. The topological polar surface area (TPSA) is 85.1 Å². The summed E-state index contributed by atoms with van der Waals surface area (Å²) in [5.74, 6) is 0.0959. The van der Waals surface area contributed by atoms with E-state index in [0.29, 0.717) is 11.5 Å². The largest absolute Gasteiger partial charge is 0.319 e. The highest BCUT2D eigenvalue weighted by molar-refractivity contribution is 7.21. The van der Waals surface area contributed by atoms with Crippen LogP contribution in [-0.4, -0.2) is 30.5 Å². The van der Waals surface area contributed by atoms with E-state index in [-0.39, 0.29) is 11.7 Å². The zero-order valence-corrected chi connectivity index (χ0v) is 16.6. The molecular formula is C21H16N6OS. The van der Waals surface area contributed by atoms with Crippen LogP contribution in [0.1, 0.15) is 22.0 Å². The van der Waals surface area contributed by atoms with Gasteiger partial charge in [-0.05, 0) is 44.2 Å². The lowest BCUT2D eigenvalue weighted by atomic mass is 10.2. The molecule has 1 N–H and O–H groups in total. The standard InChI is InChI=1S/C21H16N6OS/c1-12-11-13(2)27-21(22-12)25-18(26-27)19(28)23-15-8-4-3-7-14(15)20-24-16-9-5-6-10-17(16)29-20/h3-11H,1-2H3,(H,23,28). The smallest absolute Gasteiger partial charge is 0.295 e. The Balaban J connectivity index is 1.51. The molecule has 0 bridgehead atoms. The van der Waals surface area contributed by atoms with E-state index >= 15 is 0 Å². The second-order valence-corrected chi connectivity index (χ2v) is 7.70. The van der Waals surface area contributed by atoms with Gasteiger partial charge in [0.25, 0.3) is 11.7 Å². The monoisotopic (exact) mass is 400 g/mol. The van der Waals surface area contributed by atoms with E-state index < -0.39 is 0 Å². The average molecular weight is 400 g/mol. The third-order valence-electron chi connectivity index (χ3n) is 4.52. The third kappa shape index (κ3) is 3.13. The number of thiazole rings is 1. The number of amides is 1. The van der Waals surface area contributed by atoms with Gasteiger partial charge in [0.15, 0.2) is 0 Å². The summed E-state index contributed by atoms with van der Waals surface area (Å²) < 4.78 is 2.67. The summed E-state index contributed by atoms with van der Waals surface area (Å²) >= 11 is 1.59. The first-order valence-corrected chi connectivity index (χ1v) is 9.87. The Hall–Kier alpha value is -3.65. The van der Waals surface area contributed by atoms with Gasteiger partial charge in [-0.1, -0.05) is 24.3 Å². The number of nitrogens with zero attached hydrogens (tertiary/aromatic N) is 5. The summed E-state index contributed by atoms with van der Waals surface area (Å²) in [6.45, 7) is 3.79. The van der Waals surface area contributed by atoms with E-state index in [1.807, 2.05) is 68.4 Å². The molecule has 0 saturated carbocycles. The molecule has 0 fully saturated rings. The van der Waals surface area contributed by atoms with Gasteiger partial charge in [0, 0.05) is 17.0 Å². The van der Waals surface area contributed by atoms with Crippen molar-refractivity contribution in [3.05, 3.63) is 71.8 Å². The van der Waals surface area contributed by atoms with Crippen molar-refractivity contribution in [2.45, 2.75) is 13.8 Å². The van der Waals surface area contributed by atoms with Gasteiger partial charge in [0.1, 0.15) is 5.01 Å². The summed E-state index contributed by atoms with van der Waals surface area (Å²) in [6, 6.07) is 17.5. The number of carbonyl (C=O) groups excluding carboxylic acids is 1. The number of carbonyl (C=O) groups is 1. The van der Waals surface area contributed by atoms with Gasteiger partial charge in [-0.15, -0.1) is 16.4 Å². The zero-order valence-electron chi connectivity index (χ0n) is 15.7. The fourth-order valence-corrected chi connectivity index (χ4v) is 4.21. The van der Waals surface area contributed by atoms with Crippen molar-refractivity contribution in [2.24, 2.45) is 0 Å². The molecule has 0 radical (unpaired) electrons. The number of aromatic nitrogens is 5. The quantitative estimate of drug-likeness (QED) is 0.489. The minimum absolute atomic E-state index is 0.0744. The van der Waals surface area contributed by atoms with Crippen LogP contribution in [0.25, 0.3) is 26.6 Å². The van der Waals surface area contributed by atoms with Gasteiger partial charge in [-0.2, -0.15) is 4.98 Å². The van der Waals surface area contributed by atoms with Gasteiger partial charge in [-0.3, -0.25) is 4.79 Å². The molecule has 8 heteroatoms. The molecule has 7 nitrogen and oxygen atoms in total. The first kappa shape index (κ1) is 17.4. The van der Waals surface area contributed by atoms with E-state index in [4.69, 9.17) is 4.98 Å². The lowest BCUT2D eigenvalue weighted by Crippen LogP contribution is -2.14. The number of benzene rings is 2. The highest BCUT2D eigenvalue weighted by atomic mass is 32.1. The number of aryl methyl sites for hydroxylation is 2. The Labute approximate surface area is 170 Å². The third-order valence-corrected chi connectivity index (χ3v) is 5.59. The van der Waals surface area contributed by atoms with Crippen molar-refractivity contribution < 1.29 is 4.79 Å². The Morgan fingerprint density at radius 2 is 1.79 bits per heavy atom. The van der Waals surface area contributed by atoms with Crippen molar-refractivity contribution in [1.82, 2.24) is 24.6 Å². The number of hydrogen-bond donors (Lipinski definition) is 1. The molecule has 5 rings (SSSR count). The molecule has 0 aliphatic carbocycles. The zero-order chi connectivity index (χ0) is 20.0. The van der Waals surface area contributed by atoms with Crippen LogP contribution in [0.3, 0.4) is 0 Å². The summed E-state index contributed by atoms with van der Waals surface area (Å²) in [5, 5.41) is 8.08. The molecule has 0 unspecified atom stereocenters. The van der Waals surface area contributed by atoms with Crippen LogP contribution in [0.2, 0.25) is 0 Å². The number of nitrogens with one attached hydrogen (secondary N) is 1. The van der Waals surface area contributed by atoms with Crippen molar-refractivity contribution in [3.63, 3.8) is 0 Å². The maximum atomic E-state index is 12.8. The van der Waals surface area contributed by atoms with Crippen LogP contribution < -0.4 is 5.32 Å². The summed E-state index contributed by atoms with van der Waals surface area (Å²) in [5.41, 5.74) is 4.16. The minimum Gasteiger partial charge on any atom is -0.319 e. The Kier molecular flexibility index (Phi) is 4.06. The normalized spacial score (nSPS) is 11.2. The van der Waals surface area contributed by atoms with Gasteiger partial charge < -0.3 is 5.32 Å². The lowest BCUT2D eigenvalue weighted by Gasteiger charge is -2.07. The van der Waals surface area contributed by atoms with Gasteiger partial charge >= 0.3 is 0 Å². The van der Waals surface area contributed by atoms with E-state index in [2.05, 4.69) is 20.4 Å². The molecule has 3 aromatic heterocycles. The summed E-state index contributed by atoms with van der Waals surface area (Å²) in [6.07, 6.45) is 0. The number of rotatable bonds is 3. The van der Waals surface area contributed by atoms with Gasteiger partial charge in [0.05, 0.1) is 15.9 Å². The van der Waals surface area contributed by atoms with Gasteiger partial charge in [0.2, 0.25) is 5.82 Å². The minimum atomic E-state index is -0.388. The molecule has 0 aliphatic heterocycles. The second kappa shape index (κ2) is 6.75. The highest BCUT2D eigenvalue weighted by Crippen LogP contribution is 2.34. The van der Waals surface area contributed by atoms with Crippen LogP contribution >= 0.6 is 11.3 Å². The van der Waals surface area contributed by atoms with Crippen molar-refractivity contribution in [2.75, 3.05) is 5.32 Å². The number of para-hydroxylation sites is 2. The highest BCUT2D eigenvalue weighted by Gasteiger charge is 2.18. The molecule has 0 spiro atoms. The fourth-order valence-electron chi connectivity index (χ4n) is 3.21. The van der Waals surface area contributed by atoms with Crippen molar-refractivity contribution in [1.29, 1.82) is 0 Å². The summed E-state index contributed by atoms with van der Waals surface area (Å²) in [4.78, 5) is 26.2. The van der Waals surface area contributed by atoms with Gasteiger partial charge in [-0.25, -0.2) is 14.5 Å². The van der Waals surface area contributed by atoms with Crippen LogP contribution in [-0.2, 0) is 0 Å². The van der Waals surface area contributed by atoms with Crippen LogP contribution in [0.5, 0.6) is 0 Å². The van der Waals surface area contributed by atoms with E-state index in [0.717, 1.165) is 32.2 Å². The predicted octanol–water partition coefficient (Wildman–Crippen LogP) is 4.27. The number of anilines is 1. The molecule has 0 saturated heterocycles. The van der Waals surface area contributed by atoms with Crippen LogP contribution in [0.15, 0.2) is 54.6 Å². The van der Waals surface area contributed by atoms with E-state index in [9.17, 15) is 4.79 Å². The van der Waals surface area contributed by atoms with Crippen molar-refractivity contribution in [3.8, 4) is 10.6 Å². The molecule has 29 heavy (non-hydrogen) atoms. The predicted molar refractivity (Wildman–Crippen MR) is 113 cm³/mol. The number of fused-ring (bicyclic) bond motifs is 2. The molecule has 2 aromatic carbocycles. The Bertz CT molecular complexity index is 1350. The fraction of sp³-hybridized carbons (Fsp3) is 0.0952. The Morgan fingerprint density at radius 1 is 1.00 bits per heavy atom. The molecule has 0 atom stereocenters. The molecular weight excluding hydrogens is 384 g/mol. The Morgan fingerprint density at radius 3 is 2.66 bits per heavy atom. The maximum absolute atomic E-state index is 12.8. The molecule has 1 amide bonds. The SMILES string of the molecule is Cc1cc(C)n2nc(C(=O)Nc3ccccc3-c3nc4ccccc4s3)nc2n1.